The molecule has 13 heteroatoms. The van der Waals surface area contributed by atoms with Crippen LogP contribution >= 0.6 is 10.3 Å². The van der Waals surface area contributed by atoms with Crippen LogP contribution in [-0.4, -0.2) is 49.8 Å². The number of halogens is 7. The second-order valence-electron chi connectivity index (χ2n) is 6.49. The maximum atomic E-state index is 13.4. The second kappa shape index (κ2) is 7.46. The van der Waals surface area contributed by atoms with Crippen molar-refractivity contribution in [3.8, 4) is 0 Å². The number of rotatable bonds is 7. The van der Waals surface area contributed by atoms with Crippen molar-refractivity contribution in [3.63, 3.8) is 0 Å². The fourth-order valence-corrected chi connectivity index (χ4v) is 6.34. The van der Waals surface area contributed by atoms with Crippen molar-refractivity contribution >= 4 is 26.2 Å². The zero-order chi connectivity index (χ0) is 20.6. The van der Waals surface area contributed by atoms with Crippen LogP contribution in [0.15, 0.2) is 0 Å². The minimum Gasteiger partial charge on any atom is -0.298 e. The lowest BCUT2D eigenvalue weighted by Crippen LogP contribution is -2.56. The third-order valence-corrected chi connectivity index (χ3v) is 7.91. The molecule has 1 rings (SSSR count). The predicted octanol–water partition coefficient (Wildman–Crippen LogP) is 4.25. The highest BCUT2D eigenvalue weighted by Gasteiger charge is 2.79. The van der Waals surface area contributed by atoms with Crippen molar-refractivity contribution in [3.05, 3.63) is 0 Å². The van der Waals surface area contributed by atoms with Crippen LogP contribution in [0.5, 0.6) is 0 Å². The Balaban J connectivity index is 2.97. The van der Waals surface area contributed by atoms with Gasteiger partial charge in [0.05, 0.1) is 5.75 Å². The summed E-state index contributed by atoms with van der Waals surface area (Å²) in [7, 11) is -9.85. The summed E-state index contributed by atoms with van der Waals surface area (Å²) in [4.78, 5) is 12.1. The Bertz CT molecular complexity index is 623. The van der Waals surface area contributed by atoms with Gasteiger partial charge in [-0.15, -0.1) is 10.3 Å². The second-order valence-corrected chi connectivity index (χ2v) is 11.6. The lowest BCUT2D eigenvalue weighted by atomic mass is 9.87. The van der Waals surface area contributed by atoms with Crippen molar-refractivity contribution < 1.29 is 47.6 Å². The third kappa shape index (κ3) is 4.83. The topological polar surface area (TPSA) is 60.4 Å². The number of Topliss-reactive ketones (excluding diaryl/α,β-unsaturated/α-hetero) is 1. The van der Waals surface area contributed by atoms with E-state index in [1.807, 2.05) is 0 Å². The predicted molar refractivity (Wildman–Crippen MR) is 81.8 cm³/mol. The minimum absolute atomic E-state index is 0.432. The van der Waals surface area contributed by atoms with Gasteiger partial charge in [-0.25, -0.2) is 3.63 Å². The van der Waals surface area contributed by atoms with Crippen molar-refractivity contribution in [2.24, 2.45) is 5.92 Å². The van der Waals surface area contributed by atoms with Crippen LogP contribution in [0.2, 0.25) is 0 Å². The van der Waals surface area contributed by atoms with Gasteiger partial charge in [-0.05, 0) is 25.4 Å². The first-order valence-corrected chi connectivity index (χ1v) is 11.4. The maximum Gasteiger partial charge on any atom is 0.461 e. The molecule has 0 N–H and O–H groups in total. The molecule has 1 aliphatic carbocycles. The number of carbonyl (C=O) groups is 1. The average molecular weight is 436 g/mol. The molecular weight excluding hydrogens is 417 g/mol. The summed E-state index contributed by atoms with van der Waals surface area (Å²) in [6.45, 7) is 0. The van der Waals surface area contributed by atoms with Crippen LogP contribution in [0.25, 0.3) is 0 Å². The Kier molecular flexibility index (Phi) is 6.73. The Morgan fingerprint density at radius 1 is 0.962 bits per heavy atom. The van der Waals surface area contributed by atoms with Gasteiger partial charge in [0.25, 0.3) is 0 Å². The summed E-state index contributed by atoms with van der Waals surface area (Å²) >= 11 is 0. The van der Waals surface area contributed by atoms with E-state index in [2.05, 4.69) is 3.63 Å². The summed E-state index contributed by atoms with van der Waals surface area (Å²) in [5.41, 5.74) is 0. The van der Waals surface area contributed by atoms with E-state index in [0.717, 1.165) is 31.8 Å². The Morgan fingerprint density at radius 2 is 1.42 bits per heavy atom. The third-order valence-electron chi connectivity index (χ3n) is 3.86. The SMILES string of the molecule is CS(C)(CC(=O)C1CCCCC1)OS(=O)(=O)C(F)(F)C(F)(F)C(F)(F)F. The molecule has 1 saturated carbocycles. The molecule has 4 nitrogen and oxygen atoms in total. The number of carbonyl (C=O) groups excluding carboxylic acids is 1. The molecule has 0 heterocycles. The quantitative estimate of drug-likeness (QED) is 0.560. The van der Waals surface area contributed by atoms with Crippen LogP contribution in [-0.2, 0) is 18.5 Å². The molecule has 0 radical (unpaired) electrons. The largest absolute Gasteiger partial charge is 0.461 e. The first kappa shape index (κ1) is 23.5. The molecule has 0 spiro atoms. The Hall–Kier alpha value is -0.560. The fraction of sp³-hybridized carbons (Fsp3) is 0.923. The van der Waals surface area contributed by atoms with Gasteiger partial charge in [0.1, 0.15) is 5.78 Å². The Labute approximate surface area is 148 Å². The zero-order valence-corrected chi connectivity index (χ0v) is 15.5. The smallest absolute Gasteiger partial charge is 0.298 e. The van der Waals surface area contributed by atoms with Gasteiger partial charge in [-0.2, -0.15) is 39.2 Å². The summed E-state index contributed by atoms with van der Waals surface area (Å²) in [6.07, 6.45) is -1.48. The summed E-state index contributed by atoms with van der Waals surface area (Å²) < 4.78 is 116. The van der Waals surface area contributed by atoms with Gasteiger partial charge in [-0.1, -0.05) is 19.3 Å². The van der Waals surface area contributed by atoms with Gasteiger partial charge >= 0.3 is 27.5 Å². The lowest BCUT2D eigenvalue weighted by molar-refractivity contribution is -0.333. The van der Waals surface area contributed by atoms with E-state index >= 15 is 0 Å². The summed E-state index contributed by atoms with van der Waals surface area (Å²) in [6, 6.07) is 0. The standard InChI is InChI=1S/C13H19F7O4S2/c1-25(2,8-10(21)9-6-4-3-5-7-9)24-26(22,23)13(19,20)11(14,15)12(16,17)18/h9H,3-8H2,1-2H3. The van der Waals surface area contributed by atoms with Crippen LogP contribution in [0.3, 0.4) is 0 Å². The molecule has 0 unspecified atom stereocenters. The molecule has 0 aromatic rings. The molecular formula is C13H19F7O4S2. The van der Waals surface area contributed by atoms with E-state index in [0.29, 0.717) is 12.8 Å². The van der Waals surface area contributed by atoms with Gasteiger partial charge in [0.2, 0.25) is 0 Å². The first-order valence-electron chi connectivity index (χ1n) is 7.46. The average Bonchev–Trinajstić information content (AvgIpc) is 2.44. The van der Waals surface area contributed by atoms with Crippen LogP contribution < -0.4 is 0 Å². The van der Waals surface area contributed by atoms with Gasteiger partial charge in [0.15, 0.2) is 0 Å². The minimum atomic E-state index is -6.85. The highest BCUT2D eigenvalue weighted by molar-refractivity contribution is 8.32. The monoisotopic (exact) mass is 436 g/mol. The van der Waals surface area contributed by atoms with Gasteiger partial charge in [0, 0.05) is 5.92 Å². The van der Waals surface area contributed by atoms with E-state index in [1.165, 1.54) is 0 Å². The first-order chi connectivity index (χ1) is 11.4. The van der Waals surface area contributed by atoms with Crippen molar-refractivity contribution in [1.29, 1.82) is 0 Å². The van der Waals surface area contributed by atoms with Gasteiger partial charge in [-0.3, -0.25) is 4.79 Å². The molecule has 156 valence electrons. The van der Waals surface area contributed by atoms with Crippen LogP contribution in [0, 0.1) is 5.92 Å². The maximum absolute atomic E-state index is 13.4. The molecule has 0 saturated heterocycles. The number of hydrogen-bond donors (Lipinski definition) is 0. The lowest BCUT2D eigenvalue weighted by Gasteiger charge is -2.34. The van der Waals surface area contributed by atoms with E-state index in [-0.39, 0.29) is 0 Å². The van der Waals surface area contributed by atoms with Crippen LogP contribution in [0.4, 0.5) is 30.7 Å². The fourth-order valence-electron chi connectivity index (χ4n) is 2.52. The normalized spacial score (nSPS) is 19.4. The number of ketones is 1. The van der Waals surface area contributed by atoms with Crippen LogP contribution in [0.1, 0.15) is 32.1 Å². The Morgan fingerprint density at radius 3 is 1.85 bits per heavy atom. The molecule has 0 atom stereocenters. The molecule has 0 aromatic heterocycles. The van der Waals surface area contributed by atoms with Crippen molar-refractivity contribution in [2.45, 2.75) is 49.5 Å². The molecule has 0 aromatic carbocycles. The number of alkyl halides is 7. The van der Waals surface area contributed by atoms with E-state index in [1.54, 1.807) is 0 Å². The molecule has 0 amide bonds. The van der Waals surface area contributed by atoms with Crippen molar-refractivity contribution in [2.75, 3.05) is 18.3 Å². The molecule has 1 fully saturated rings. The van der Waals surface area contributed by atoms with E-state index in [4.69, 9.17) is 0 Å². The van der Waals surface area contributed by atoms with E-state index in [9.17, 15) is 43.9 Å². The summed E-state index contributed by atoms with van der Waals surface area (Å²) in [5.74, 6) is -8.39. The highest BCUT2D eigenvalue weighted by atomic mass is 32.3. The van der Waals surface area contributed by atoms with E-state index < -0.39 is 55.2 Å². The van der Waals surface area contributed by atoms with Gasteiger partial charge < -0.3 is 0 Å². The molecule has 26 heavy (non-hydrogen) atoms. The molecule has 0 bridgehead atoms. The summed E-state index contributed by atoms with van der Waals surface area (Å²) in [5, 5.41) is -6.53. The molecule has 1 aliphatic rings. The highest BCUT2D eigenvalue weighted by Crippen LogP contribution is 2.54. The zero-order valence-electron chi connectivity index (χ0n) is 13.9. The van der Waals surface area contributed by atoms with Crippen molar-refractivity contribution in [1.82, 2.24) is 0 Å². The number of hydrogen-bond acceptors (Lipinski definition) is 4. The molecule has 0 aliphatic heterocycles.